The van der Waals surface area contributed by atoms with Crippen molar-refractivity contribution < 1.29 is 9.53 Å². The van der Waals surface area contributed by atoms with Gasteiger partial charge in [-0.05, 0) is 31.5 Å². The second-order valence-electron chi connectivity index (χ2n) is 5.93. The van der Waals surface area contributed by atoms with Gasteiger partial charge in [-0.15, -0.1) is 0 Å². The maximum atomic E-state index is 12.4. The van der Waals surface area contributed by atoms with Gasteiger partial charge >= 0.3 is 0 Å². The predicted octanol–water partition coefficient (Wildman–Crippen LogP) is 2.09. The molecule has 5 heteroatoms. The van der Waals surface area contributed by atoms with Gasteiger partial charge < -0.3 is 15.0 Å². The number of ether oxygens (including phenoxy) is 1. The van der Waals surface area contributed by atoms with E-state index in [1.807, 2.05) is 18.7 Å². The van der Waals surface area contributed by atoms with Crippen LogP contribution in [-0.2, 0) is 17.8 Å². The van der Waals surface area contributed by atoms with Crippen molar-refractivity contribution in [1.82, 2.24) is 10.2 Å². The van der Waals surface area contributed by atoms with Crippen molar-refractivity contribution >= 4 is 21.8 Å². The number of amides is 1. The molecule has 1 N–H and O–H groups in total. The first kappa shape index (κ1) is 13.9. The highest BCUT2D eigenvalue weighted by Gasteiger charge is 2.35. The Morgan fingerprint density at radius 1 is 1.45 bits per heavy atom. The van der Waals surface area contributed by atoms with Crippen molar-refractivity contribution in [3.8, 4) is 5.75 Å². The summed E-state index contributed by atoms with van der Waals surface area (Å²) in [4.78, 5) is 14.4. The van der Waals surface area contributed by atoms with E-state index in [9.17, 15) is 4.79 Å². The molecule has 1 fully saturated rings. The Labute approximate surface area is 127 Å². The van der Waals surface area contributed by atoms with Gasteiger partial charge in [-0.2, -0.15) is 0 Å². The SMILES string of the molecule is CC1(C)NCCN(Cc2cc(Br)cc3c2OCC3)C1=O. The normalized spacial score (nSPS) is 20.8. The Balaban J connectivity index is 1.87. The second kappa shape index (κ2) is 5.04. The van der Waals surface area contributed by atoms with Crippen LogP contribution in [0.2, 0.25) is 0 Å². The fraction of sp³-hybridized carbons (Fsp3) is 0.533. The smallest absolute Gasteiger partial charge is 0.242 e. The number of carbonyl (C=O) groups excluding carboxylic acids is 1. The minimum absolute atomic E-state index is 0.149. The summed E-state index contributed by atoms with van der Waals surface area (Å²) in [5.41, 5.74) is 1.85. The van der Waals surface area contributed by atoms with Crippen molar-refractivity contribution in [1.29, 1.82) is 0 Å². The summed E-state index contributed by atoms with van der Waals surface area (Å²) in [6, 6.07) is 4.17. The summed E-state index contributed by atoms with van der Waals surface area (Å²) >= 11 is 3.55. The van der Waals surface area contributed by atoms with E-state index in [4.69, 9.17) is 4.74 Å². The van der Waals surface area contributed by atoms with E-state index in [0.717, 1.165) is 41.9 Å². The monoisotopic (exact) mass is 338 g/mol. The number of piperazine rings is 1. The highest BCUT2D eigenvalue weighted by molar-refractivity contribution is 9.10. The molecular formula is C15H19BrN2O2. The van der Waals surface area contributed by atoms with Crippen LogP contribution in [0.25, 0.3) is 0 Å². The number of nitrogens with zero attached hydrogens (tertiary/aromatic N) is 1. The lowest BCUT2D eigenvalue weighted by atomic mass is 9.99. The Morgan fingerprint density at radius 3 is 3.05 bits per heavy atom. The Kier molecular flexibility index (Phi) is 3.50. The van der Waals surface area contributed by atoms with Crippen LogP contribution in [0.4, 0.5) is 0 Å². The number of nitrogens with one attached hydrogen (secondary N) is 1. The number of rotatable bonds is 2. The zero-order valence-electron chi connectivity index (χ0n) is 11.8. The third-order valence-corrected chi connectivity index (χ3v) is 4.41. The quantitative estimate of drug-likeness (QED) is 0.897. The summed E-state index contributed by atoms with van der Waals surface area (Å²) in [7, 11) is 0. The average Bonchev–Trinajstić information content (AvgIpc) is 2.83. The van der Waals surface area contributed by atoms with Crippen LogP contribution in [0.5, 0.6) is 5.75 Å². The van der Waals surface area contributed by atoms with Gasteiger partial charge in [-0.3, -0.25) is 4.79 Å². The molecule has 1 saturated heterocycles. The molecule has 0 bridgehead atoms. The lowest BCUT2D eigenvalue weighted by Gasteiger charge is -2.38. The molecule has 0 aliphatic carbocycles. The van der Waals surface area contributed by atoms with Crippen LogP contribution in [0.3, 0.4) is 0 Å². The molecule has 4 nitrogen and oxygen atoms in total. The Hall–Kier alpha value is -1.07. The zero-order valence-corrected chi connectivity index (χ0v) is 13.4. The molecule has 0 atom stereocenters. The summed E-state index contributed by atoms with van der Waals surface area (Å²) in [5, 5.41) is 3.26. The molecule has 2 heterocycles. The van der Waals surface area contributed by atoms with E-state index < -0.39 is 5.54 Å². The molecule has 0 unspecified atom stereocenters. The highest BCUT2D eigenvalue weighted by Crippen LogP contribution is 2.34. The number of hydrogen-bond donors (Lipinski definition) is 1. The van der Waals surface area contributed by atoms with E-state index in [-0.39, 0.29) is 5.91 Å². The molecule has 0 radical (unpaired) electrons. The van der Waals surface area contributed by atoms with Crippen LogP contribution >= 0.6 is 15.9 Å². The van der Waals surface area contributed by atoms with Gasteiger partial charge in [0.25, 0.3) is 0 Å². The van der Waals surface area contributed by atoms with Crippen LogP contribution in [-0.4, -0.2) is 36.0 Å². The van der Waals surface area contributed by atoms with Crippen molar-refractivity contribution in [3.63, 3.8) is 0 Å². The number of benzene rings is 1. The fourth-order valence-electron chi connectivity index (χ4n) is 2.90. The lowest BCUT2D eigenvalue weighted by Crippen LogP contribution is -2.60. The van der Waals surface area contributed by atoms with E-state index in [1.54, 1.807) is 0 Å². The molecule has 20 heavy (non-hydrogen) atoms. The minimum Gasteiger partial charge on any atom is -0.493 e. The predicted molar refractivity (Wildman–Crippen MR) is 80.8 cm³/mol. The number of halogens is 1. The van der Waals surface area contributed by atoms with Gasteiger partial charge in [0.05, 0.1) is 12.1 Å². The Morgan fingerprint density at radius 2 is 2.25 bits per heavy atom. The molecule has 0 aromatic heterocycles. The highest BCUT2D eigenvalue weighted by atomic mass is 79.9. The van der Waals surface area contributed by atoms with E-state index >= 15 is 0 Å². The molecule has 1 amide bonds. The molecule has 2 aliphatic rings. The number of carbonyl (C=O) groups is 1. The van der Waals surface area contributed by atoms with E-state index in [2.05, 4.69) is 33.4 Å². The first-order chi connectivity index (χ1) is 9.47. The maximum Gasteiger partial charge on any atom is 0.242 e. The maximum absolute atomic E-state index is 12.4. The van der Waals surface area contributed by atoms with Crippen molar-refractivity contribution in [2.24, 2.45) is 0 Å². The van der Waals surface area contributed by atoms with Gasteiger partial charge in [-0.1, -0.05) is 15.9 Å². The standard InChI is InChI=1S/C15H19BrN2O2/c1-15(2)14(19)18(5-4-17-15)9-11-8-12(16)7-10-3-6-20-13(10)11/h7-8,17H,3-6,9H2,1-2H3. The molecule has 1 aromatic carbocycles. The zero-order chi connectivity index (χ0) is 14.3. The molecule has 2 aliphatic heterocycles. The minimum atomic E-state index is -0.478. The van der Waals surface area contributed by atoms with Gasteiger partial charge in [0, 0.05) is 36.1 Å². The third-order valence-electron chi connectivity index (χ3n) is 3.96. The van der Waals surface area contributed by atoms with Crippen molar-refractivity contribution in [2.75, 3.05) is 19.7 Å². The van der Waals surface area contributed by atoms with Gasteiger partial charge in [0.15, 0.2) is 0 Å². The summed E-state index contributed by atoms with van der Waals surface area (Å²) in [6.45, 7) is 6.79. The molecule has 1 aromatic rings. The van der Waals surface area contributed by atoms with Crippen LogP contribution < -0.4 is 10.1 Å². The Bertz CT molecular complexity index is 557. The molecule has 3 rings (SSSR count). The van der Waals surface area contributed by atoms with Crippen LogP contribution in [0, 0.1) is 0 Å². The number of fused-ring (bicyclic) bond motifs is 1. The lowest BCUT2D eigenvalue weighted by molar-refractivity contribution is -0.140. The van der Waals surface area contributed by atoms with Crippen LogP contribution in [0.1, 0.15) is 25.0 Å². The summed E-state index contributed by atoms with van der Waals surface area (Å²) in [5.74, 6) is 1.12. The second-order valence-corrected chi connectivity index (χ2v) is 6.85. The summed E-state index contributed by atoms with van der Waals surface area (Å²) in [6.07, 6.45) is 0.947. The van der Waals surface area contributed by atoms with Crippen molar-refractivity contribution in [2.45, 2.75) is 32.4 Å². The third kappa shape index (κ3) is 2.44. The summed E-state index contributed by atoms with van der Waals surface area (Å²) < 4.78 is 6.79. The van der Waals surface area contributed by atoms with Gasteiger partial charge in [0.2, 0.25) is 5.91 Å². The molecular weight excluding hydrogens is 320 g/mol. The van der Waals surface area contributed by atoms with Crippen LogP contribution in [0.15, 0.2) is 16.6 Å². The first-order valence-electron chi connectivity index (χ1n) is 6.96. The van der Waals surface area contributed by atoms with Gasteiger partial charge in [-0.25, -0.2) is 0 Å². The van der Waals surface area contributed by atoms with E-state index in [1.165, 1.54) is 5.56 Å². The number of hydrogen-bond acceptors (Lipinski definition) is 3. The molecule has 0 spiro atoms. The van der Waals surface area contributed by atoms with Gasteiger partial charge in [0.1, 0.15) is 5.75 Å². The average molecular weight is 339 g/mol. The molecule has 108 valence electrons. The fourth-order valence-corrected chi connectivity index (χ4v) is 3.45. The first-order valence-corrected chi connectivity index (χ1v) is 7.75. The van der Waals surface area contributed by atoms with E-state index in [0.29, 0.717) is 6.54 Å². The molecule has 0 saturated carbocycles. The largest absolute Gasteiger partial charge is 0.493 e. The van der Waals surface area contributed by atoms with Crippen molar-refractivity contribution in [3.05, 3.63) is 27.7 Å². The topological polar surface area (TPSA) is 41.6 Å².